The molecular formula is C64H119NO5. The standard InChI is InChI=1S/C64H119NO5/c1-3-5-7-9-11-13-15-17-19-20-26-29-32-36-40-44-48-52-56-62(67)61(60-66)65-63(68)57-53-49-45-41-37-33-30-27-24-22-21-23-25-28-31-35-39-43-47-51-55-59-70-64(69)58-54-50-46-42-38-34-18-16-14-12-10-8-6-4-2/h16,18,35,39,47,51-52,56,61-62,66-67H,3-15,17,19-34,36-38,40-46,48-50,53-55,57-60H2,1-2H3,(H,65,68)/b18-16-,39-35-,51-47-,56-52+. The Balaban J connectivity index is 3.49. The average Bonchev–Trinajstić information content (AvgIpc) is 3.36. The normalized spacial score (nSPS) is 12.9. The van der Waals surface area contributed by atoms with Gasteiger partial charge in [-0.2, -0.15) is 0 Å². The van der Waals surface area contributed by atoms with Gasteiger partial charge >= 0.3 is 5.97 Å². The molecule has 0 aliphatic carbocycles. The number of amides is 1. The van der Waals surface area contributed by atoms with Gasteiger partial charge in [-0.1, -0.05) is 281 Å². The van der Waals surface area contributed by atoms with Crippen LogP contribution in [0.15, 0.2) is 48.6 Å². The number of ether oxygens (including phenoxy) is 1. The Morgan fingerprint density at radius 1 is 0.400 bits per heavy atom. The van der Waals surface area contributed by atoms with Gasteiger partial charge in [0.1, 0.15) is 0 Å². The van der Waals surface area contributed by atoms with Crippen molar-refractivity contribution >= 4 is 11.9 Å². The maximum absolute atomic E-state index is 12.5. The number of rotatable bonds is 57. The Morgan fingerprint density at radius 2 is 0.714 bits per heavy atom. The van der Waals surface area contributed by atoms with Crippen LogP contribution in [0.5, 0.6) is 0 Å². The molecule has 0 heterocycles. The third-order valence-corrected chi connectivity index (χ3v) is 14.1. The third-order valence-electron chi connectivity index (χ3n) is 14.1. The first-order valence-electron chi connectivity index (χ1n) is 30.9. The summed E-state index contributed by atoms with van der Waals surface area (Å²) in [5.41, 5.74) is 0. The number of aliphatic hydroxyl groups excluding tert-OH is 2. The maximum atomic E-state index is 12.5. The Morgan fingerprint density at radius 3 is 1.10 bits per heavy atom. The fourth-order valence-electron chi connectivity index (χ4n) is 9.35. The molecule has 0 saturated heterocycles. The SMILES string of the molecule is CCCCCCC/C=C\CCCCCCCC(=O)OCC/C=C\C/C=C\CCCCCCCCCCCCCCCCC(=O)NC(CO)C(O)/C=C/CCCCCCCCCCCCCCCCCC. The van der Waals surface area contributed by atoms with Crippen molar-refractivity contribution in [2.75, 3.05) is 13.2 Å². The van der Waals surface area contributed by atoms with Gasteiger partial charge in [0.25, 0.3) is 0 Å². The van der Waals surface area contributed by atoms with Crippen molar-refractivity contribution < 1.29 is 24.5 Å². The number of carbonyl (C=O) groups excluding carboxylic acids is 2. The van der Waals surface area contributed by atoms with Crippen LogP contribution in [0.2, 0.25) is 0 Å². The summed E-state index contributed by atoms with van der Waals surface area (Å²) < 4.78 is 5.41. The second-order valence-electron chi connectivity index (χ2n) is 21.0. The number of unbranched alkanes of at least 4 members (excludes halogenated alkanes) is 40. The van der Waals surface area contributed by atoms with E-state index in [-0.39, 0.29) is 18.5 Å². The highest BCUT2D eigenvalue weighted by molar-refractivity contribution is 5.76. The quantitative estimate of drug-likeness (QED) is 0.0321. The lowest BCUT2D eigenvalue weighted by molar-refractivity contribution is -0.143. The molecule has 0 aliphatic rings. The van der Waals surface area contributed by atoms with Crippen molar-refractivity contribution in [2.45, 2.75) is 334 Å². The van der Waals surface area contributed by atoms with E-state index >= 15 is 0 Å². The summed E-state index contributed by atoms with van der Waals surface area (Å²) in [6, 6.07) is -0.633. The topological polar surface area (TPSA) is 95.9 Å². The van der Waals surface area contributed by atoms with Crippen molar-refractivity contribution in [3.05, 3.63) is 48.6 Å². The first-order valence-corrected chi connectivity index (χ1v) is 30.9. The number of nitrogens with one attached hydrogen (secondary N) is 1. The molecule has 70 heavy (non-hydrogen) atoms. The first kappa shape index (κ1) is 67.8. The molecular weight excluding hydrogens is 863 g/mol. The number of hydrogen-bond acceptors (Lipinski definition) is 5. The number of hydrogen-bond donors (Lipinski definition) is 3. The lowest BCUT2D eigenvalue weighted by Gasteiger charge is -2.20. The summed E-state index contributed by atoms with van der Waals surface area (Å²) in [7, 11) is 0. The minimum absolute atomic E-state index is 0.0446. The molecule has 2 atom stereocenters. The van der Waals surface area contributed by atoms with Crippen molar-refractivity contribution in [2.24, 2.45) is 0 Å². The monoisotopic (exact) mass is 982 g/mol. The zero-order valence-corrected chi connectivity index (χ0v) is 46.7. The van der Waals surface area contributed by atoms with E-state index in [1.165, 1.54) is 244 Å². The highest BCUT2D eigenvalue weighted by Crippen LogP contribution is 2.17. The summed E-state index contributed by atoms with van der Waals surface area (Å²) in [6.45, 7) is 4.79. The molecule has 0 spiro atoms. The van der Waals surface area contributed by atoms with Crippen molar-refractivity contribution in [1.29, 1.82) is 0 Å². The molecule has 0 radical (unpaired) electrons. The predicted molar refractivity (Wildman–Crippen MR) is 306 cm³/mol. The molecule has 0 saturated carbocycles. The van der Waals surface area contributed by atoms with Gasteiger partial charge in [-0.25, -0.2) is 0 Å². The number of allylic oxidation sites excluding steroid dienone is 6. The van der Waals surface area contributed by atoms with Gasteiger partial charge in [0, 0.05) is 12.8 Å². The van der Waals surface area contributed by atoms with E-state index < -0.39 is 12.1 Å². The number of carbonyl (C=O) groups is 2. The first-order chi connectivity index (χ1) is 34.5. The van der Waals surface area contributed by atoms with E-state index in [4.69, 9.17) is 4.74 Å². The number of aliphatic hydroxyl groups is 2. The second-order valence-corrected chi connectivity index (χ2v) is 21.0. The summed E-state index contributed by atoms with van der Waals surface area (Å²) in [5, 5.41) is 23.2. The Bertz CT molecular complexity index is 1180. The summed E-state index contributed by atoms with van der Waals surface area (Å²) in [5.74, 6) is -0.116. The molecule has 0 rings (SSSR count). The van der Waals surface area contributed by atoms with Crippen molar-refractivity contribution in [1.82, 2.24) is 5.32 Å². The summed E-state index contributed by atoms with van der Waals surface area (Å²) >= 11 is 0. The van der Waals surface area contributed by atoms with E-state index in [1.807, 2.05) is 6.08 Å². The molecule has 6 heteroatoms. The lowest BCUT2D eigenvalue weighted by Crippen LogP contribution is -2.45. The van der Waals surface area contributed by atoms with Crippen molar-refractivity contribution in [3.8, 4) is 0 Å². The molecule has 1 amide bonds. The van der Waals surface area contributed by atoms with Gasteiger partial charge in [0.15, 0.2) is 0 Å². The number of esters is 1. The Labute approximate surface area is 436 Å². The average molecular weight is 983 g/mol. The second kappa shape index (κ2) is 59.4. The van der Waals surface area contributed by atoms with Gasteiger partial charge in [0.05, 0.1) is 25.4 Å². The van der Waals surface area contributed by atoms with Gasteiger partial charge in [-0.15, -0.1) is 0 Å². The molecule has 0 bridgehead atoms. The zero-order valence-electron chi connectivity index (χ0n) is 46.7. The molecule has 0 aromatic rings. The fourth-order valence-corrected chi connectivity index (χ4v) is 9.35. The van der Waals surface area contributed by atoms with Crippen LogP contribution in [-0.4, -0.2) is 47.4 Å². The van der Waals surface area contributed by atoms with Crippen LogP contribution in [0, 0.1) is 0 Å². The van der Waals surface area contributed by atoms with Crippen LogP contribution in [0.3, 0.4) is 0 Å². The van der Waals surface area contributed by atoms with Crippen LogP contribution < -0.4 is 5.32 Å². The van der Waals surface area contributed by atoms with Crippen LogP contribution in [0.1, 0.15) is 322 Å². The Hall–Kier alpha value is -2.18. The highest BCUT2D eigenvalue weighted by Gasteiger charge is 2.18. The fraction of sp³-hybridized carbons (Fsp3) is 0.844. The van der Waals surface area contributed by atoms with E-state index in [0.717, 1.165) is 51.4 Å². The van der Waals surface area contributed by atoms with Gasteiger partial charge in [-0.05, 0) is 77.0 Å². The highest BCUT2D eigenvalue weighted by atomic mass is 16.5. The van der Waals surface area contributed by atoms with E-state index in [1.54, 1.807) is 6.08 Å². The van der Waals surface area contributed by atoms with Crippen molar-refractivity contribution in [3.63, 3.8) is 0 Å². The molecule has 2 unspecified atom stereocenters. The molecule has 0 fully saturated rings. The van der Waals surface area contributed by atoms with E-state index in [9.17, 15) is 19.8 Å². The molecule has 0 aromatic carbocycles. The lowest BCUT2D eigenvalue weighted by atomic mass is 10.0. The molecule has 0 aromatic heterocycles. The van der Waals surface area contributed by atoms with E-state index in [2.05, 4.69) is 55.6 Å². The summed E-state index contributed by atoms with van der Waals surface area (Å²) in [4.78, 5) is 24.5. The Kier molecular flexibility index (Phi) is 57.5. The molecule has 0 aliphatic heterocycles. The van der Waals surface area contributed by atoms with Crippen LogP contribution >= 0.6 is 0 Å². The molecule has 410 valence electrons. The van der Waals surface area contributed by atoms with Crippen LogP contribution in [-0.2, 0) is 14.3 Å². The van der Waals surface area contributed by atoms with E-state index in [0.29, 0.717) is 19.4 Å². The maximum Gasteiger partial charge on any atom is 0.305 e. The van der Waals surface area contributed by atoms with Gasteiger partial charge in [0.2, 0.25) is 5.91 Å². The van der Waals surface area contributed by atoms with Crippen LogP contribution in [0.4, 0.5) is 0 Å². The molecule has 3 N–H and O–H groups in total. The minimum atomic E-state index is -0.849. The third kappa shape index (κ3) is 55.1. The largest absolute Gasteiger partial charge is 0.465 e. The smallest absolute Gasteiger partial charge is 0.305 e. The van der Waals surface area contributed by atoms with Gasteiger partial charge < -0.3 is 20.3 Å². The van der Waals surface area contributed by atoms with Gasteiger partial charge in [-0.3, -0.25) is 9.59 Å². The summed E-state index contributed by atoms with van der Waals surface area (Å²) in [6.07, 6.45) is 75.9. The predicted octanol–water partition coefficient (Wildman–Crippen LogP) is 19.4. The minimum Gasteiger partial charge on any atom is -0.465 e. The molecule has 6 nitrogen and oxygen atoms in total. The zero-order chi connectivity index (χ0) is 50.7. The van der Waals surface area contributed by atoms with Crippen LogP contribution in [0.25, 0.3) is 0 Å².